The van der Waals surface area contributed by atoms with Crippen LogP contribution in [-0.2, 0) is 9.59 Å². The van der Waals surface area contributed by atoms with Crippen molar-refractivity contribution in [3.63, 3.8) is 0 Å². The first-order valence-electron chi connectivity index (χ1n) is 7.87. The molecule has 2 rings (SSSR count). The molecule has 1 aliphatic carbocycles. The molecule has 2 fully saturated rings. The van der Waals surface area contributed by atoms with E-state index >= 15 is 0 Å². The highest BCUT2D eigenvalue weighted by Gasteiger charge is 2.28. The molecule has 5 nitrogen and oxygen atoms in total. The summed E-state index contributed by atoms with van der Waals surface area (Å²) in [6.07, 6.45) is 8.40. The maximum absolute atomic E-state index is 11.8. The quantitative estimate of drug-likeness (QED) is 0.785. The minimum absolute atomic E-state index is 0. The van der Waals surface area contributed by atoms with Crippen LogP contribution in [0.5, 0.6) is 0 Å². The van der Waals surface area contributed by atoms with Gasteiger partial charge in [0.2, 0.25) is 5.91 Å². The Morgan fingerprint density at radius 2 is 1.86 bits per heavy atom. The van der Waals surface area contributed by atoms with Gasteiger partial charge in [0.05, 0.1) is 12.5 Å². The fourth-order valence-corrected chi connectivity index (χ4v) is 3.33. The van der Waals surface area contributed by atoms with Crippen molar-refractivity contribution < 1.29 is 14.7 Å². The molecule has 0 aromatic rings. The molecule has 1 saturated carbocycles. The van der Waals surface area contributed by atoms with E-state index in [-0.39, 0.29) is 24.2 Å². The third-order valence-corrected chi connectivity index (χ3v) is 4.59. The fourth-order valence-electron chi connectivity index (χ4n) is 3.33. The van der Waals surface area contributed by atoms with Gasteiger partial charge in [0.15, 0.2) is 0 Å². The number of halogens is 1. The minimum Gasteiger partial charge on any atom is -0.481 e. The van der Waals surface area contributed by atoms with Crippen molar-refractivity contribution in [2.24, 2.45) is 11.8 Å². The van der Waals surface area contributed by atoms with Gasteiger partial charge in [-0.05, 0) is 25.3 Å². The summed E-state index contributed by atoms with van der Waals surface area (Å²) >= 11 is 0. The Hall–Kier alpha value is -0.810. The minimum atomic E-state index is -0.745. The average molecular weight is 319 g/mol. The number of rotatable bonds is 6. The fraction of sp³-hybridized carbons (Fsp3) is 0.867. The van der Waals surface area contributed by atoms with Crippen LogP contribution in [0, 0.1) is 11.8 Å². The van der Waals surface area contributed by atoms with E-state index < -0.39 is 5.97 Å². The van der Waals surface area contributed by atoms with Gasteiger partial charge in [0.1, 0.15) is 0 Å². The molecular formula is C15H27ClN2O3. The molecule has 1 aliphatic heterocycles. The Balaban J connectivity index is 0.00000220. The number of nitrogens with zero attached hydrogens (tertiary/aromatic N) is 1. The van der Waals surface area contributed by atoms with Crippen LogP contribution >= 0.6 is 12.4 Å². The number of nitrogens with one attached hydrogen (secondary N) is 1. The molecule has 0 spiro atoms. The Bertz CT molecular complexity index is 346. The van der Waals surface area contributed by atoms with Crippen LogP contribution in [0.3, 0.4) is 0 Å². The predicted octanol–water partition coefficient (Wildman–Crippen LogP) is 1.90. The third kappa shape index (κ3) is 6.22. The van der Waals surface area contributed by atoms with Gasteiger partial charge in [0, 0.05) is 13.1 Å². The molecule has 1 heterocycles. The van der Waals surface area contributed by atoms with Crippen LogP contribution in [-0.4, -0.2) is 48.1 Å². The van der Waals surface area contributed by atoms with Crippen molar-refractivity contribution in [1.29, 1.82) is 0 Å². The summed E-state index contributed by atoms with van der Waals surface area (Å²) in [5, 5.41) is 11.9. The van der Waals surface area contributed by atoms with E-state index in [2.05, 4.69) is 5.32 Å². The van der Waals surface area contributed by atoms with Crippen molar-refractivity contribution >= 4 is 24.3 Å². The number of hydrogen-bond acceptors (Lipinski definition) is 3. The average Bonchev–Trinajstić information content (AvgIpc) is 2.88. The Morgan fingerprint density at radius 3 is 2.48 bits per heavy atom. The topological polar surface area (TPSA) is 69.6 Å². The maximum Gasteiger partial charge on any atom is 0.307 e. The molecule has 1 saturated heterocycles. The Labute approximate surface area is 132 Å². The lowest BCUT2D eigenvalue weighted by molar-refractivity contribution is -0.141. The highest BCUT2D eigenvalue weighted by molar-refractivity contribution is 5.85. The molecular weight excluding hydrogens is 292 g/mol. The summed E-state index contributed by atoms with van der Waals surface area (Å²) in [6.45, 7) is 2.33. The normalized spacial score (nSPS) is 23.5. The molecule has 0 aromatic heterocycles. The molecule has 6 heteroatoms. The highest BCUT2D eigenvalue weighted by Crippen LogP contribution is 2.25. The van der Waals surface area contributed by atoms with Gasteiger partial charge in [-0.15, -0.1) is 12.4 Å². The number of hydrogen-bond donors (Lipinski definition) is 2. The molecule has 122 valence electrons. The van der Waals surface area contributed by atoms with E-state index in [9.17, 15) is 9.59 Å². The van der Waals surface area contributed by atoms with Crippen molar-refractivity contribution in [2.75, 3.05) is 26.2 Å². The third-order valence-electron chi connectivity index (χ3n) is 4.59. The Morgan fingerprint density at radius 1 is 1.14 bits per heavy atom. The molecule has 21 heavy (non-hydrogen) atoms. The Kier molecular flexibility index (Phi) is 8.04. The van der Waals surface area contributed by atoms with E-state index in [4.69, 9.17) is 5.11 Å². The van der Waals surface area contributed by atoms with Gasteiger partial charge in [-0.2, -0.15) is 0 Å². The molecule has 0 radical (unpaired) electrons. The number of amides is 1. The molecule has 1 amide bonds. The number of carboxylic acids is 1. The van der Waals surface area contributed by atoms with Gasteiger partial charge in [-0.3, -0.25) is 14.5 Å². The molecule has 0 aromatic carbocycles. The van der Waals surface area contributed by atoms with E-state index in [1.807, 2.05) is 4.90 Å². The van der Waals surface area contributed by atoms with Gasteiger partial charge in [0.25, 0.3) is 0 Å². The standard InChI is InChI=1S/C15H26N2O3.ClH/c18-14(11-17-9-7-13(10-17)15(19)20)16-8-6-12-4-2-1-3-5-12;/h12-13H,1-11H2,(H,16,18)(H,19,20);1H. The van der Waals surface area contributed by atoms with E-state index in [1.165, 1.54) is 32.1 Å². The zero-order valence-corrected chi connectivity index (χ0v) is 13.4. The first-order valence-corrected chi connectivity index (χ1v) is 7.87. The summed E-state index contributed by atoms with van der Waals surface area (Å²) in [7, 11) is 0. The monoisotopic (exact) mass is 318 g/mol. The SMILES string of the molecule is Cl.O=C(CN1CCC(C(=O)O)C1)NCCC1CCCCC1. The molecule has 2 N–H and O–H groups in total. The first kappa shape index (κ1) is 18.2. The lowest BCUT2D eigenvalue weighted by atomic mass is 9.87. The van der Waals surface area contributed by atoms with Crippen LogP contribution in [0.1, 0.15) is 44.9 Å². The van der Waals surface area contributed by atoms with E-state index in [1.54, 1.807) is 0 Å². The first-order chi connectivity index (χ1) is 9.65. The molecule has 1 atom stereocenters. The van der Waals surface area contributed by atoms with E-state index in [0.29, 0.717) is 26.1 Å². The van der Waals surface area contributed by atoms with Crippen molar-refractivity contribution in [3.05, 3.63) is 0 Å². The predicted molar refractivity (Wildman–Crippen MR) is 83.6 cm³/mol. The highest BCUT2D eigenvalue weighted by atomic mass is 35.5. The van der Waals surface area contributed by atoms with Gasteiger partial charge in [-0.25, -0.2) is 0 Å². The van der Waals surface area contributed by atoms with Crippen LogP contribution < -0.4 is 5.32 Å². The number of carbonyl (C=O) groups is 2. The van der Waals surface area contributed by atoms with Crippen LogP contribution in [0.15, 0.2) is 0 Å². The van der Waals surface area contributed by atoms with Crippen LogP contribution in [0.4, 0.5) is 0 Å². The molecule has 0 bridgehead atoms. The van der Waals surface area contributed by atoms with Crippen LogP contribution in [0.25, 0.3) is 0 Å². The summed E-state index contributed by atoms with van der Waals surface area (Å²) in [4.78, 5) is 24.6. The van der Waals surface area contributed by atoms with Gasteiger partial charge >= 0.3 is 5.97 Å². The van der Waals surface area contributed by atoms with Crippen molar-refractivity contribution in [2.45, 2.75) is 44.9 Å². The second-order valence-corrected chi connectivity index (χ2v) is 6.20. The van der Waals surface area contributed by atoms with Gasteiger partial charge in [-0.1, -0.05) is 32.1 Å². The zero-order valence-electron chi connectivity index (χ0n) is 12.6. The maximum atomic E-state index is 11.8. The largest absolute Gasteiger partial charge is 0.481 e. The number of likely N-dealkylation sites (tertiary alicyclic amines) is 1. The summed E-state index contributed by atoms with van der Waals surface area (Å²) in [5.41, 5.74) is 0. The summed E-state index contributed by atoms with van der Waals surface area (Å²) in [6, 6.07) is 0. The van der Waals surface area contributed by atoms with E-state index in [0.717, 1.165) is 18.9 Å². The molecule has 1 unspecified atom stereocenters. The van der Waals surface area contributed by atoms with Gasteiger partial charge < -0.3 is 10.4 Å². The lowest BCUT2D eigenvalue weighted by Crippen LogP contribution is -2.37. The number of carbonyl (C=O) groups excluding carboxylic acids is 1. The van der Waals surface area contributed by atoms with Crippen LogP contribution in [0.2, 0.25) is 0 Å². The zero-order chi connectivity index (χ0) is 14.4. The number of carboxylic acid groups (broad SMARTS) is 1. The smallest absolute Gasteiger partial charge is 0.307 e. The summed E-state index contributed by atoms with van der Waals surface area (Å²) in [5.74, 6) is -0.227. The number of aliphatic carboxylic acids is 1. The lowest BCUT2D eigenvalue weighted by Gasteiger charge is -2.21. The molecule has 2 aliphatic rings. The van der Waals surface area contributed by atoms with Crippen molar-refractivity contribution in [3.8, 4) is 0 Å². The second kappa shape index (κ2) is 9.26. The summed E-state index contributed by atoms with van der Waals surface area (Å²) < 4.78 is 0. The second-order valence-electron chi connectivity index (χ2n) is 6.20. The van der Waals surface area contributed by atoms with Crippen molar-refractivity contribution in [1.82, 2.24) is 10.2 Å².